The Morgan fingerprint density at radius 3 is 1.74 bits per heavy atom. The van der Waals surface area contributed by atoms with E-state index < -0.39 is 72.1 Å². The average molecular weight is 742 g/mol. The van der Waals surface area contributed by atoms with Gasteiger partial charge in [-0.1, -0.05) is 18.2 Å². The number of aryl methyl sites for hydroxylation is 2. The van der Waals surface area contributed by atoms with Gasteiger partial charge in [-0.15, -0.1) is 0 Å². The van der Waals surface area contributed by atoms with Crippen molar-refractivity contribution in [2.24, 2.45) is 0 Å². The monoisotopic (exact) mass is 741 g/mol. The maximum atomic E-state index is 14.1. The molecule has 2 rings (SSSR count). The van der Waals surface area contributed by atoms with Crippen LogP contribution in [-0.2, 0) is 48.1 Å². The van der Waals surface area contributed by atoms with E-state index in [9.17, 15) is 35.7 Å². The van der Waals surface area contributed by atoms with E-state index in [2.05, 4.69) is 5.32 Å². The summed E-state index contributed by atoms with van der Waals surface area (Å²) in [6.07, 6.45) is -9.42. The molecule has 1 amide bonds. The average Bonchev–Trinajstić information content (AvgIpc) is 2.90. The summed E-state index contributed by atoms with van der Waals surface area (Å²) in [4.78, 5) is 12.8. The van der Waals surface area contributed by atoms with Crippen molar-refractivity contribution in [2.75, 3.05) is 13.2 Å². The first-order valence-corrected chi connectivity index (χ1v) is 17.6. The molecule has 0 aromatic heterocycles. The molecule has 0 heterocycles. The lowest BCUT2D eigenvalue weighted by Crippen LogP contribution is -2.51. The third kappa shape index (κ3) is 16.0. The van der Waals surface area contributed by atoms with Crippen LogP contribution in [-0.4, -0.2) is 41.6 Å². The summed E-state index contributed by atoms with van der Waals surface area (Å²) in [6.45, 7) is 16.1. The summed E-state index contributed by atoms with van der Waals surface area (Å²) in [5, 5.41) is 2.71. The number of alkyl halides is 6. The molecule has 1 atom stereocenters. The molecule has 50 heavy (non-hydrogen) atoms. The second-order valence-corrected chi connectivity index (χ2v) is 16.8. The Bertz CT molecular complexity index is 1440. The van der Waals surface area contributed by atoms with E-state index in [-0.39, 0.29) is 31.4 Å². The van der Waals surface area contributed by atoms with E-state index in [0.29, 0.717) is 12.0 Å². The fraction of sp³-hybridized carbons (Fsp3) is 0.629. The lowest BCUT2D eigenvalue weighted by atomic mass is 9.93. The number of phosphoric acid groups is 1. The molecule has 0 aliphatic rings. The number of nitrogens with one attached hydrogen (secondary N) is 1. The zero-order valence-electron chi connectivity index (χ0n) is 30.4. The minimum Gasteiger partial charge on any atom is -0.493 e. The van der Waals surface area contributed by atoms with Crippen LogP contribution in [0.2, 0.25) is 0 Å². The van der Waals surface area contributed by atoms with E-state index in [1.54, 1.807) is 69.2 Å². The Labute approximate surface area is 291 Å². The van der Waals surface area contributed by atoms with Gasteiger partial charge in [-0.2, -0.15) is 26.3 Å². The third-order valence-corrected chi connectivity index (χ3v) is 8.57. The lowest BCUT2D eigenvalue weighted by molar-refractivity contribution is -0.139. The van der Waals surface area contributed by atoms with Crippen molar-refractivity contribution in [1.82, 2.24) is 5.32 Å². The smallest absolute Gasteiger partial charge is 0.475 e. The minimum absolute atomic E-state index is 0.0253. The maximum Gasteiger partial charge on any atom is 0.475 e. The molecule has 0 saturated heterocycles. The predicted molar refractivity (Wildman–Crippen MR) is 178 cm³/mol. The molecule has 0 fully saturated rings. The highest BCUT2D eigenvalue weighted by atomic mass is 31.2. The van der Waals surface area contributed by atoms with E-state index >= 15 is 0 Å². The minimum atomic E-state index is -4.76. The number of carbonyl (C=O) groups excluding carboxylic acids is 1. The third-order valence-electron chi connectivity index (χ3n) is 6.58. The Kier molecular flexibility index (Phi) is 14.1. The van der Waals surface area contributed by atoms with Crippen LogP contribution in [0.15, 0.2) is 42.5 Å². The van der Waals surface area contributed by atoms with Gasteiger partial charge in [-0.05, 0) is 130 Å². The summed E-state index contributed by atoms with van der Waals surface area (Å²) < 4.78 is 123. The summed E-state index contributed by atoms with van der Waals surface area (Å²) in [6, 6.07) is 8.17. The van der Waals surface area contributed by atoms with Gasteiger partial charge < -0.3 is 14.8 Å². The summed E-state index contributed by atoms with van der Waals surface area (Å²) in [5.74, 6) is -0.397. The van der Waals surface area contributed by atoms with E-state index in [1.165, 1.54) is 24.3 Å². The number of carbonyl (C=O) groups is 1. The highest BCUT2D eigenvalue weighted by molar-refractivity contribution is 7.48. The Morgan fingerprint density at radius 1 is 0.720 bits per heavy atom. The van der Waals surface area contributed by atoms with Crippen molar-refractivity contribution in [3.8, 4) is 5.75 Å². The van der Waals surface area contributed by atoms with Crippen LogP contribution in [0.5, 0.6) is 5.75 Å². The van der Waals surface area contributed by atoms with Gasteiger partial charge in [0.1, 0.15) is 11.4 Å². The Balaban J connectivity index is 2.24. The number of ether oxygens (including phenoxy) is 2. The summed E-state index contributed by atoms with van der Waals surface area (Å²) in [7, 11) is -4.22. The van der Waals surface area contributed by atoms with Crippen molar-refractivity contribution in [1.29, 1.82) is 0 Å². The number of amides is 1. The summed E-state index contributed by atoms with van der Waals surface area (Å²) in [5.41, 5.74) is -4.98. The molecular formula is C35H50F6NO7P. The molecule has 15 heteroatoms. The van der Waals surface area contributed by atoms with Crippen LogP contribution in [0.3, 0.4) is 0 Å². The van der Waals surface area contributed by atoms with Gasteiger partial charge in [0.25, 0.3) is 0 Å². The first-order valence-electron chi connectivity index (χ1n) is 16.1. The highest BCUT2D eigenvalue weighted by Gasteiger charge is 2.41. The van der Waals surface area contributed by atoms with Crippen LogP contribution in [0.4, 0.5) is 31.1 Å². The SMILES string of the molecule is CC(C)(C)OC(=O)N[C@@](C)(CCc1ccc(OCCCc2ccc(C(F)(F)F)cc2)c(C(F)(F)F)c1)COP(=O)(OC(C)(C)C)OC(C)(C)C. The van der Waals surface area contributed by atoms with Gasteiger partial charge in [0.05, 0.1) is 41.1 Å². The quantitative estimate of drug-likeness (QED) is 0.117. The fourth-order valence-corrected chi connectivity index (χ4v) is 6.43. The largest absolute Gasteiger partial charge is 0.493 e. The molecule has 0 bridgehead atoms. The molecule has 0 unspecified atom stereocenters. The van der Waals surface area contributed by atoms with Crippen molar-refractivity contribution in [3.05, 3.63) is 64.7 Å². The van der Waals surface area contributed by atoms with E-state index in [0.717, 1.165) is 18.2 Å². The molecule has 8 nitrogen and oxygen atoms in total. The number of alkyl carbamates (subject to hydrolysis) is 1. The van der Waals surface area contributed by atoms with Crippen molar-refractivity contribution < 1.29 is 58.7 Å². The molecule has 1 N–H and O–H groups in total. The van der Waals surface area contributed by atoms with Crippen LogP contribution in [0.25, 0.3) is 0 Å². The summed E-state index contributed by atoms with van der Waals surface area (Å²) >= 11 is 0. The van der Waals surface area contributed by atoms with E-state index in [1.807, 2.05) is 0 Å². The van der Waals surface area contributed by atoms with Crippen LogP contribution < -0.4 is 10.1 Å². The molecule has 284 valence electrons. The van der Waals surface area contributed by atoms with Gasteiger partial charge in [0.15, 0.2) is 0 Å². The van der Waals surface area contributed by atoms with Gasteiger partial charge in [-0.3, -0.25) is 13.6 Å². The Hall–Kier alpha value is -2.80. The van der Waals surface area contributed by atoms with Gasteiger partial charge in [-0.25, -0.2) is 9.36 Å². The second kappa shape index (κ2) is 16.3. The number of rotatable bonds is 14. The Morgan fingerprint density at radius 2 is 1.26 bits per heavy atom. The van der Waals surface area contributed by atoms with E-state index in [4.69, 9.17) is 23.0 Å². The zero-order chi connectivity index (χ0) is 38.4. The molecule has 2 aromatic rings. The molecule has 2 aromatic carbocycles. The van der Waals surface area contributed by atoms with Gasteiger partial charge in [0, 0.05) is 0 Å². The van der Waals surface area contributed by atoms with Crippen molar-refractivity contribution in [2.45, 2.75) is 130 Å². The number of benzene rings is 2. The predicted octanol–water partition coefficient (Wildman–Crippen LogP) is 10.7. The highest BCUT2D eigenvalue weighted by Crippen LogP contribution is 2.56. The standard InChI is InChI=1S/C35H50F6NO7P/c1-30(2,3)47-29(43)42-33(10,23-46-50(44,48-31(4,5)6)49-32(7,8)9)20-19-25-15-18-28(27(22-25)35(39,40)41)45-21-11-12-24-13-16-26(17-14-24)34(36,37)38/h13-18,22H,11-12,19-21,23H2,1-10H3,(H,42,43)/t33-/m0/s1. The van der Waals surface area contributed by atoms with Gasteiger partial charge in [0.2, 0.25) is 0 Å². The zero-order valence-corrected chi connectivity index (χ0v) is 31.3. The molecule has 0 aliphatic carbocycles. The number of phosphoric ester groups is 1. The fourth-order valence-electron chi connectivity index (χ4n) is 4.50. The number of hydrogen-bond acceptors (Lipinski definition) is 7. The number of hydrogen-bond donors (Lipinski definition) is 1. The van der Waals surface area contributed by atoms with Crippen LogP contribution in [0, 0.1) is 0 Å². The molecule has 0 aliphatic heterocycles. The topological polar surface area (TPSA) is 92.3 Å². The first-order chi connectivity index (χ1) is 22.5. The molecular weight excluding hydrogens is 691 g/mol. The van der Waals surface area contributed by atoms with Crippen molar-refractivity contribution in [3.63, 3.8) is 0 Å². The molecule has 0 radical (unpaired) electrons. The first kappa shape index (κ1) is 43.4. The lowest BCUT2D eigenvalue weighted by Gasteiger charge is -2.35. The maximum absolute atomic E-state index is 14.1. The van der Waals surface area contributed by atoms with Crippen LogP contribution in [0.1, 0.15) is 104 Å². The molecule has 0 saturated carbocycles. The molecule has 0 spiro atoms. The normalized spacial score (nSPS) is 14.6. The van der Waals surface area contributed by atoms with Gasteiger partial charge >= 0.3 is 26.3 Å². The van der Waals surface area contributed by atoms with Crippen LogP contribution >= 0.6 is 7.82 Å². The van der Waals surface area contributed by atoms with Crippen molar-refractivity contribution >= 4 is 13.9 Å². The second-order valence-electron chi connectivity index (χ2n) is 15.3. The number of halogens is 6.